The molecule has 1 aromatic heterocycles. The Morgan fingerprint density at radius 3 is 2.43 bits per heavy atom. The summed E-state index contributed by atoms with van der Waals surface area (Å²) in [5.74, 6) is 0.374. The molecule has 5 nitrogen and oxygen atoms in total. The number of hydrogen-bond donors (Lipinski definition) is 1. The Balaban J connectivity index is 3.13. The highest BCUT2D eigenvalue weighted by Crippen LogP contribution is 2.35. The van der Waals surface area contributed by atoms with E-state index in [9.17, 15) is 4.79 Å². The lowest BCUT2D eigenvalue weighted by Crippen LogP contribution is -2.12. The molecule has 0 aliphatic carbocycles. The minimum Gasteiger partial charge on any atom is -0.297 e. The van der Waals surface area contributed by atoms with E-state index in [0.717, 1.165) is 0 Å². The van der Waals surface area contributed by atoms with Crippen molar-refractivity contribution >= 4 is 47.2 Å². The first-order valence-electron chi connectivity index (χ1n) is 3.43. The van der Waals surface area contributed by atoms with Crippen molar-refractivity contribution in [3.63, 3.8) is 0 Å². The zero-order valence-corrected chi connectivity index (χ0v) is 9.23. The molecule has 0 atom stereocenters. The molecule has 0 fully saturated rings. The summed E-state index contributed by atoms with van der Waals surface area (Å²) in [5.41, 5.74) is 0. The lowest BCUT2D eigenvalue weighted by Gasteiger charge is -2.09. The third kappa shape index (κ3) is 2.94. The summed E-state index contributed by atoms with van der Waals surface area (Å²) in [5, 5.41) is 2.24. The number of anilines is 1. The lowest BCUT2D eigenvalue weighted by molar-refractivity contribution is -0.105. The molecule has 0 radical (unpaired) electrons. The monoisotopic (exact) mass is 254 g/mol. The number of alkyl halides is 3. The number of amides is 1. The number of rotatable bonds is 2. The molecule has 1 heterocycles. The predicted molar refractivity (Wildman–Crippen MR) is 53.5 cm³/mol. The molecule has 0 unspecified atom stereocenters. The van der Waals surface area contributed by atoms with Crippen molar-refractivity contribution in [2.24, 2.45) is 0 Å². The maximum absolute atomic E-state index is 10.1. The van der Waals surface area contributed by atoms with E-state index >= 15 is 0 Å². The van der Waals surface area contributed by atoms with Crippen LogP contribution in [0.5, 0.6) is 0 Å². The van der Waals surface area contributed by atoms with E-state index in [0.29, 0.717) is 12.2 Å². The highest BCUT2D eigenvalue weighted by atomic mass is 35.6. The molecule has 8 heteroatoms. The van der Waals surface area contributed by atoms with Crippen molar-refractivity contribution in [1.82, 2.24) is 15.0 Å². The summed E-state index contributed by atoms with van der Waals surface area (Å²) >= 11 is 16.7. The summed E-state index contributed by atoms with van der Waals surface area (Å²) in [6, 6.07) is 0. The number of nitrogens with zero attached hydrogens (tertiary/aromatic N) is 3. The van der Waals surface area contributed by atoms with Gasteiger partial charge >= 0.3 is 0 Å². The van der Waals surface area contributed by atoms with Crippen LogP contribution in [0.1, 0.15) is 11.6 Å². The van der Waals surface area contributed by atoms with Gasteiger partial charge in [-0.3, -0.25) is 10.1 Å². The Morgan fingerprint density at radius 1 is 1.29 bits per heavy atom. The van der Waals surface area contributed by atoms with E-state index < -0.39 is 3.79 Å². The number of halogens is 3. The number of aromatic nitrogens is 3. The van der Waals surface area contributed by atoms with Crippen molar-refractivity contribution in [2.45, 2.75) is 10.7 Å². The lowest BCUT2D eigenvalue weighted by atomic mass is 10.6. The number of nitrogens with one attached hydrogen (secondary N) is 1. The highest BCUT2D eigenvalue weighted by Gasteiger charge is 2.27. The van der Waals surface area contributed by atoms with Crippen molar-refractivity contribution in [3.8, 4) is 0 Å². The molecular weight excluding hydrogens is 250 g/mol. The second-order valence-electron chi connectivity index (χ2n) is 2.29. The van der Waals surface area contributed by atoms with Gasteiger partial charge in [-0.05, 0) is 6.92 Å². The van der Waals surface area contributed by atoms with Gasteiger partial charge in [-0.2, -0.15) is 9.97 Å². The van der Waals surface area contributed by atoms with Crippen LogP contribution in [0.25, 0.3) is 0 Å². The predicted octanol–water partition coefficient (Wildman–Crippen LogP) is 1.58. The average molecular weight is 255 g/mol. The van der Waals surface area contributed by atoms with E-state index in [1.54, 1.807) is 6.92 Å². The van der Waals surface area contributed by atoms with Gasteiger partial charge in [-0.25, -0.2) is 4.98 Å². The van der Waals surface area contributed by atoms with Crippen LogP contribution in [0, 0.1) is 6.92 Å². The first-order valence-corrected chi connectivity index (χ1v) is 4.57. The Labute approximate surface area is 94.8 Å². The molecule has 0 aliphatic rings. The second kappa shape index (κ2) is 4.25. The summed E-state index contributed by atoms with van der Waals surface area (Å²) in [7, 11) is 0. The first kappa shape index (κ1) is 11.4. The van der Waals surface area contributed by atoms with E-state index in [-0.39, 0.29) is 11.8 Å². The number of hydrogen-bond acceptors (Lipinski definition) is 4. The van der Waals surface area contributed by atoms with Crippen LogP contribution >= 0.6 is 34.8 Å². The molecule has 0 spiro atoms. The van der Waals surface area contributed by atoms with Gasteiger partial charge in [0.1, 0.15) is 5.82 Å². The third-order valence-electron chi connectivity index (χ3n) is 1.19. The minimum absolute atomic E-state index is 0.0284. The van der Waals surface area contributed by atoms with Crippen LogP contribution in [0.4, 0.5) is 5.95 Å². The van der Waals surface area contributed by atoms with Gasteiger partial charge < -0.3 is 0 Å². The quantitative estimate of drug-likeness (QED) is 0.643. The van der Waals surface area contributed by atoms with Crippen LogP contribution in [-0.2, 0) is 8.59 Å². The second-order valence-corrected chi connectivity index (χ2v) is 4.57. The molecule has 1 aromatic rings. The SMILES string of the molecule is Cc1nc(NC=O)nc(C(Cl)(Cl)Cl)n1. The molecule has 0 bridgehead atoms. The average Bonchev–Trinajstić information content (AvgIpc) is 2.02. The molecule has 0 saturated carbocycles. The zero-order chi connectivity index (χ0) is 10.8. The van der Waals surface area contributed by atoms with Gasteiger partial charge in [-0.1, -0.05) is 34.8 Å². The van der Waals surface area contributed by atoms with Crippen LogP contribution in [0.3, 0.4) is 0 Å². The normalized spacial score (nSPS) is 11.1. The number of aryl methyl sites for hydroxylation is 1. The molecule has 1 rings (SSSR count). The fourth-order valence-electron chi connectivity index (χ4n) is 0.726. The maximum atomic E-state index is 10.1. The van der Waals surface area contributed by atoms with Crippen LogP contribution < -0.4 is 5.32 Å². The molecule has 1 amide bonds. The molecule has 0 aliphatic heterocycles. The largest absolute Gasteiger partial charge is 0.297 e. The van der Waals surface area contributed by atoms with Gasteiger partial charge in [-0.15, -0.1) is 0 Å². The Morgan fingerprint density at radius 2 is 1.93 bits per heavy atom. The standard InChI is InChI=1S/C6H5Cl3N4O/c1-3-11-4(6(7,8)9)13-5(12-3)10-2-14/h2H,1H3,(H,10,11,12,13,14). The van der Waals surface area contributed by atoms with Crippen molar-refractivity contribution in [1.29, 1.82) is 0 Å². The number of carbonyl (C=O) groups is 1. The van der Waals surface area contributed by atoms with E-state index in [4.69, 9.17) is 34.8 Å². The van der Waals surface area contributed by atoms with Gasteiger partial charge in [0.15, 0.2) is 5.82 Å². The molecule has 0 aromatic carbocycles. The summed E-state index contributed by atoms with van der Waals surface area (Å²) in [6.45, 7) is 1.59. The summed E-state index contributed by atoms with van der Waals surface area (Å²) in [4.78, 5) is 21.5. The third-order valence-corrected chi connectivity index (χ3v) is 1.70. The van der Waals surface area contributed by atoms with E-state index in [2.05, 4.69) is 20.3 Å². The minimum atomic E-state index is -1.73. The van der Waals surface area contributed by atoms with Gasteiger partial charge in [0.25, 0.3) is 0 Å². The van der Waals surface area contributed by atoms with Gasteiger partial charge in [0.05, 0.1) is 0 Å². The smallest absolute Gasteiger partial charge is 0.250 e. The summed E-state index contributed by atoms with van der Waals surface area (Å²) < 4.78 is -1.73. The summed E-state index contributed by atoms with van der Waals surface area (Å²) in [6.07, 6.45) is 0.428. The molecule has 14 heavy (non-hydrogen) atoms. The number of carbonyl (C=O) groups excluding carboxylic acids is 1. The fraction of sp³-hybridized carbons (Fsp3) is 0.333. The van der Waals surface area contributed by atoms with E-state index in [1.807, 2.05) is 0 Å². The maximum Gasteiger partial charge on any atom is 0.250 e. The highest BCUT2D eigenvalue weighted by molar-refractivity contribution is 6.66. The van der Waals surface area contributed by atoms with Gasteiger partial charge in [0.2, 0.25) is 16.2 Å². The van der Waals surface area contributed by atoms with Crippen LogP contribution in [-0.4, -0.2) is 21.4 Å². The molecule has 1 N–H and O–H groups in total. The fourth-order valence-corrected chi connectivity index (χ4v) is 0.979. The topological polar surface area (TPSA) is 67.8 Å². The van der Waals surface area contributed by atoms with Gasteiger partial charge in [0, 0.05) is 0 Å². The molecular formula is C6H5Cl3N4O. The Kier molecular flexibility index (Phi) is 3.47. The Bertz CT molecular complexity index is 351. The molecule has 76 valence electrons. The van der Waals surface area contributed by atoms with Crippen molar-refractivity contribution < 1.29 is 4.79 Å². The zero-order valence-electron chi connectivity index (χ0n) is 6.96. The van der Waals surface area contributed by atoms with Crippen molar-refractivity contribution in [3.05, 3.63) is 11.6 Å². The first-order chi connectivity index (χ1) is 6.43. The Hall–Kier alpha value is -0.650. The van der Waals surface area contributed by atoms with E-state index in [1.165, 1.54) is 0 Å². The van der Waals surface area contributed by atoms with Crippen molar-refractivity contribution in [2.75, 3.05) is 5.32 Å². The van der Waals surface area contributed by atoms with Crippen LogP contribution in [0.15, 0.2) is 0 Å². The molecule has 0 saturated heterocycles. The van der Waals surface area contributed by atoms with Crippen LogP contribution in [0.2, 0.25) is 0 Å².